The van der Waals surface area contributed by atoms with E-state index in [4.69, 9.17) is 4.84 Å². The number of carbonyl (C=O) groups excluding carboxylic acids is 1. The lowest BCUT2D eigenvalue weighted by Gasteiger charge is -2.26. The fourth-order valence-corrected chi connectivity index (χ4v) is 3.78. The summed E-state index contributed by atoms with van der Waals surface area (Å²) in [6, 6.07) is 12.1. The first-order valence-corrected chi connectivity index (χ1v) is 9.70. The Morgan fingerprint density at radius 1 is 1.15 bits per heavy atom. The minimum Gasteiger partial charge on any atom is -0.347 e. The molecule has 0 radical (unpaired) electrons. The summed E-state index contributed by atoms with van der Waals surface area (Å²) in [5, 5.41) is 2.86. The summed E-state index contributed by atoms with van der Waals surface area (Å²) in [4.78, 5) is 18.6. The number of hydrogen-bond acceptors (Lipinski definition) is 4. The largest absolute Gasteiger partial charge is 0.347 e. The Morgan fingerprint density at radius 2 is 1.88 bits per heavy atom. The molecule has 1 amide bonds. The first-order valence-electron chi connectivity index (χ1n) is 8.22. The third-order valence-corrected chi connectivity index (χ3v) is 5.43. The second-order valence-corrected chi connectivity index (χ2v) is 7.69. The summed E-state index contributed by atoms with van der Waals surface area (Å²) < 4.78 is 36.8. The molecule has 2 aromatic rings. The van der Waals surface area contributed by atoms with E-state index >= 15 is 0 Å². The van der Waals surface area contributed by atoms with Gasteiger partial charge in [-0.1, -0.05) is 29.2 Å². The highest BCUT2D eigenvalue weighted by Gasteiger charge is 2.22. The van der Waals surface area contributed by atoms with Crippen molar-refractivity contribution in [3.05, 3.63) is 65.5 Å². The SMILES string of the molecule is O=C(CONS(=O)(=O)c1ccc(F)cc1)N[C@H]1CCCc2ccccc21. The molecule has 0 unspecified atom stereocenters. The van der Waals surface area contributed by atoms with Gasteiger partial charge in [0.05, 0.1) is 10.9 Å². The van der Waals surface area contributed by atoms with Gasteiger partial charge in [0.15, 0.2) is 0 Å². The Bertz CT molecular complexity index is 884. The first-order chi connectivity index (χ1) is 12.5. The summed E-state index contributed by atoms with van der Waals surface area (Å²) in [7, 11) is -3.97. The molecule has 2 aromatic carbocycles. The summed E-state index contributed by atoms with van der Waals surface area (Å²) in [5.74, 6) is -0.967. The molecule has 0 heterocycles. The van der Waals surface area contributed by atoms with Crippen LogP contribution in [0.25, 0.3) is 0 Å². The van der Waals surface area contributed by atoms with Crippen molar-refractivity contribution < 1.29 is 22.4 Å². The van der Waals surface area contributed by atoms with Gasteiger partial charge < -0.3 is 5.32 Å². The summed E-state index contributed by atoms with van der Waals surface area (Å²) in [6.45, 7) is -0.459. The number of rotatable bonds is 6. The lowest BCUT2D eigenvalue weighted by atomic mass is 9.88. The second kappa shape index (κ2) is 7.94. The van der Waals surface area contributed by atoms with E-state index in [0.717, 1.165) is 49.1 Å². The highest BCUT2D eigenvalue weighted by molar-refractivity contribution is 7.89. The zero-order chi connectivity index (χ0) is 18.6. The van der Waals surface area contributed by atoms with Crippen molar-refractivity contribution >= 4 is 15.9 Å². The lowest BCUT2D eigenvalue weighted by Crippen LogP contribution is -2.36. The van der Waals surface area contributed by atoms with E-state index in [0.29, 0.717) is 0 Å². The zero-order valence-electron chi connectivity index (χ0n) is 13.9. The van der Waals surface area contributed by atoms with E-state index in [1.165, 1.54) is 5.56 Å². The number of sulfonamides is 1. The predicted octanol–water partition coefficient (Wildman–Crippen LogP) is 2.23. The van der Waals surface area contributed by atoms with Crippen molar-refractivity contribution in [1.82, 2.24) is 10.2 Å². The van der Waals surface area contributed by atoms with E-state index in [-0.39, 0.29) is 10.9 Å². The van der Waals surface area contributed by atoms with E-state index in [1.807, 2.05) is 29.2 Å². The van der Waals surface area contributed by atoms with Gasteiger partial charge in [-0.2, -0.15) is 0 Å². The van der Waals surface area contributed by atoms with E-state index in [1.54, 1.807) is 0 Å². The number of fused-ring (bicyclic) bond motifs is 1. The molecule has 3 rings (SSSR count). The molecule has 0 saturated heterocycles. The van der Waals surface area contributed by atoms with Crippen LogP contribution >= 0.6 is 0 Å². The molecule has 0 saturated carbocycles. The van der Waals surface area contributed by atoms with E-state index in [9.17, 15) is 17.6 Å². The van der Waals surface area contributed by atoms with Crippen molar-refractivity contribution in [1.29, 1.82) is 0 Å². The maximum Gasteiger partial charge on any atom is 0.262 e. The number of benzene rings is 2. The fourth-order valence-electron chi connectivity index (χ4n) is 2.97. The zero-order valence-corrected chi connectivity index (χ0v) is 14.8. The van der Waals surface area contributed by atoms with Crippen LogP contribution in [-0.2, 0) is 26.1 Å². The third kappa shape index (κ3) is 4.46. The third-order valence-electron chi connectivity index (χ3n) is 4.20. The fraction of sp³-hybridized carbons (Fsp3) is 0.278. The molecule has 1 aliphatic carbocycles. The van der Waals surface area contributed by atoms with Crippen LogP contribution in [-0.4, -0.2) is 20.9 Å². The second-order valence-electron chi connectivity index (χ2n) is 6.04. The van der Waals surface area contributed by atoms with Crippen molar-refractivity contribution in [2.75, 3.05) is 6.61 Å². The minimum absolute atomic E-state index is 0.107. The van der Waals surface area contributed by atoms with Crippen LogP contribution in [0, 0.1) is 5.82 Å². The Kier molecular flexibility index (Phi) is 5.65. The van der Waals surface area contributed by atoms with Gasteiger partial charge in [0, 0.05) is 0 Å². The topological polar surface area (TPSA) is 84.5 Å². The highest BCUT2D eigenvalue weighted by Crippen LogP contribution is 2.29. The lowest BCUT2D eigenvalue weighted by molar-refractivity contribution is -0.127. The molecular formula is C18H19FN2O4S. The molecule has 0 fully saturated rings. The molecule has 26 heavy (non-hydrogen) atoms. The van der Waals surface area contributed by atoms with Crippen LogP contribution in [0.2, 0.25) is 0 Å². The number of hydrogen-bond donors (Lipinski definition) is 2. The average Bonchev–Trinajstić information content (AvgIpc) is 2.62. The maximum absolute atomic E-state index is 12.9. The quantitative estimate of drug-likeness (QED) is 0.755. The Balaban J connectivity index is 1.53. The number of halogens is 1. The summed E-state index contributed by atoms with van der Waals surface area (Å²) in [5.41, 5.74) is 2.29. The van der Waals surface area contributed by atoms with E-state index < -0.39 is 28.4 Å². The molecule has 0 aliphatic heterocycles. The predicted molar refractivity (Wildman–Crippen MR) is 92.9 cm³/mol. The molecule has 0 spiro atoms. The van der Waals surface area contributed by atoms with Gasteiger partial charge in [-0.3, -0.25) is 9.63 Å². The van der Waals surface area contributed by atoms with Crippen LogP contribution in [0.3, 0.4) is 0 Å². The van der Waals surface area contributed by atoms with Crippen LogP contribution in [0.15, 0.2) is 53.4 Å². The van der Waals surface area contributed by atoms with Crippen LogP contribution < -0.4 is 10.2 Å². The van der Waals surface area contributed by atoms with Gasteiger partial charge in [0.25, 0.3) is 10.0 Å². The van der Waals surface area contributed by atoms with Crippen LogP contribution in [0.4, 0.5) is 4.39 Å². The van der Waals surface area contributed by atoms with Gasteiger partial charge in [0.1, 0.15) is 12.4 Å². The summed E-state index contributed by atoms with van der Waals surface area (Å²) >= 11 is 0. The smallest absolute Gasteiger partial charge is 0.262 e. The van der Waals surface area contributed by atoms with Crippen LogP contribution in [0.5, 0.6) is 0 Å². The molecule has 0 bridgehead atoms. The van der Waals surface area contributed by atoms with Crippen molar-refractivity contribution in [3.8, 4) is 0 Å². The van der Waals surface area contributed by atoms with Crippen molar-refractivity contribution in [2.24, 2.45) is 0 Å². The van der Waals surface area contributed by atoms with E-state index in [2.05, 4.69) is 5.32 Å². The van der Waals surface area contributed by atoms with Gasteiger partial charge in [0.2, 0.25) is 5.91 Å². The number of amides is 1. The monoisotopic (exact) mass is 378 g/mol. The van der Waals surface area contributed by atoms with Gasteiger partial charge in [-0.05, 0) is 54.7 Å². The van der Waals surface area contributed by atoms with Crippen LogP contribution in [0.1, 0.15) is 30.0 Å². The molecule has 8 heteroatoms. The minimum atomic E-state index is -3.97. The Morgan fingerprint density at radius 3 is 2.65 bits per heavy atom. The van der Waals surface area contributed by atoms with Gasteiger partial charge in [-0.15, -0.1) is 0 Å². The molecule has 2 N–H and O–H groups in total. The Labute approximate surface area is 151 Å². The highest BCUT2D eigenvalue weighted by atomic mass is 32.2. The Hall–Kier alpha value is -2.29. The normalized spacial score (nSPS) is 16.7. The van der Waals surface area contributed by atoms with Crippen molar-refractivity contribution in [3.63, 3.8) is 0 Å². The number of nitrogens with one attached hydrogen (secondary N) is 2. The molecular weight excluding hydrogens is 359 g/mol. The molecule has 1 aliphatic rings. The molecule has 1 atom stereocenters. The molecule has 6 nitrogen and oxygen atoms in total. The van der Waals surface area contributed by atoms with Gasteiger partial charge >= 0.3 is 0 Å². The standard InChI is InChI=1S/C18H19FN2O4S/c19-14-8-10-15(11-9-14)26(23,24)21-25-12-18(22)20-17-7-3-5-13-4-1-2-6-16(13)17/h1-2,4,6,8-11,17,21H,3,5,7,12H2,(H,20,22)/t17-/m0/s1. The molecule has 0 aromatic heterocycles. The first kappa shape index (κ1) is 18.5. The summed E-state index contributed by atoms with van der Waals surface area (Å²) in [6.07, 6.45) is 2.78. The average molecular weight is 378 g/mol. The van der Waals surface area contributed by atoms with Gasteiger partial charge in [-0.25, -0.2) is 12.8 Å². The molecule has 138 valence electrons. The number of carbonyl (C=O) groups is 1. The maximum atomic E-state index is 12.9. The van der Waals surface area contributed by atoms with Crippen molar-refractivity contribution in [2.45, 2.75) is 30.2 Å². The number of aryl methyl sites for hydroxylation is 1.